The number of nitrogens with zero attached hydrogens (tertiary/aromatic N) is 1. The Hall–Kier alpha value is -1.33. The predicted molar refractivity (Wildman–Crippen MR) is 57.8 cm³/mol. The molecule has 0 bridgehead atoms. The van der Waals surface area contributed by atoms with Gasteiger partial charge in [-0.3, -0.25) is 5.32 Å². The van der Waals surface area contributed by atoms with Crippen LogP contribution in [0.25, 0.3) is 0 Å². The maximum atomic E-state index is 8.92. The van der Waals surface area contributed by atoms with Crippen molar-refractivity contribution in [3.8, 4) is 6.07 Å². The van der Waals surface area contributed by atoms with E-state index in [1.807, 2.05) is 30.3 Å². The Morgan fingerprint density at radius 1 is 1.29 bits per heavy atom. The Morgan fingerprint density at radius 3 is 2.43 bits per heavy atom. The lowest BCUT2D eigenvalue weighted by Gasteiger charge is -2.14. The predicted octanol–water partition coefficient (Wildman–Crippen LogP) is 2.12. The second-order valence-electron chi connectivity index (χ2n) is 3.69. The van der Waals surface area contributed by atoms with E-state index >= 15 is 0 Å². The van der Waals surface area contributed by atoms with Crippen LogP contribution in [0.5, 0.6) is 0 Å². The Labute approximate surface area is 85.6 Å². The molecule has 74 valence electrons. The van der Waals surface area contributed by atoms with Crippen molar-refractivity contribution in [3.63, 3.8) is 0 Å². The highest BCUT2D eigenvalue weighted by Crippen LogP contribution is 2.03. The molecular formula is C12H16N2. The zero-order valence-electron chi connectivity index (χ0n) is 8.70. The van der Waals surface area contributed by atoms with Crippen molar-refractivity contribution in [2.75, 3.05) is 0 Å². The highest BCUT2D eigenvalue weighted by Gasteiger charge is 2.08. The largest absolute Gasteiger partial charge is 0.299 e. The molecule has 1 N–H and O–H groups in total. The second-order valence-corrected chi connectivity index (χ2v) is 3.69. The third kappa shape index (κ3) is 3.59. The molecule has 1 atom stereocenters. The molecule has 2 heteroatoms. The normalized spacial score (nSPS) is 12.4. The van der Waals surface area contributed by atoms with Crippen molar-refractivity contribution < 1.29 is 0 Å². The van der Waals surface area contributed by atoms with Gasteiger partial charge < -0.3 is 0 Å². The fourth-order valence-electron chi connectivity index (χ4n) is 1.39. The van der Waals surface area contributed by atoms with Gasteiger partial charge in [0.05, 0.1) is 12.1 Å². The van der Waals surface area contributed by atoms with E-state index in [0.717, 1.165) is 6.42 Å². The fraction of sp³-hybridized carbons (Fsp3) is 0.417. The van der Waals surface area contributed by atoms with Crippen LogP contribution in [-0.2, 0) is 6.42 Å². The fourth-order valence-corrected chi connectivity index (χ4v) is 1.39. The quantitative estimate of drug-likeness (QED) is 0.785. The van der Waals surface area contributed by atoms with E-state index in [0.29, 0.717) is 6.04 Å². The van der Waals surface area contributed by atoms with Crippen molar-refractivity contribution in [1.29, 1.82) is 5.26 Å². The summed E-state index contributed by atoms with van der Waals surface area (Å²) in [6.07, 6.45) is 0.773. The maximum absolute atomic E-state index is 8.92. The minimum Gasteiger partial charge on any atom is -0.299 e. The highest BCUT2D eigenvalue weighted by atomic mass is 14.9. The molecule has 0 saturated carbocycles. The van der Waals surface area contributed by atoms with Crippen molar-refractivity contribution in [3.05, 3.63) is 35.9 Å². The monoisotopic (exact) mass is 188 g/mol. The molecule has 0 unspecified atom stereocenters. The Balaban J connectivity index is 2.54. The lowest BCUT2D eigenvalue weighted by molar-refractivity contribution is 0.528. The molecule has 0 aliphatic rings. The first kappa shape index (κ1) is 10.7. The van der Waals surface area contributed by atoms with Gasteiger partial charge in [-0.25, -0.2) is 0 Å². The smallest absolute Gasteiger partial charge is 0.0995 e. The molecule has 14 heavy (non-hydrogen) atoms. The van der Waals surface area contributed by atoms with Gasteiger partial charge in [0.25, 0.3) is 0 Å². The standard InChI is InChI=1S/C12H16N2/c1-10(2)14-12(9-13)8-11-6-4-3-5-7-11/h3-7,10,12,14H,8H2,1-2H3/t12-/m0/s1. The first-order valence-electron chi connectivity index (χ1n) is 4.92. The molecule has 0 aliphatic carbocycles. The van der Waals surface area contributed by atoms with Crippen LogP contribution in [0.4, 0.5) is 0 Å². The number of hydrogen-bond acceptors (Lipinski definition) is 2. The van der Waals surface area contributed by atoms with Crippen LogP contribution in [0.2, 0.25) is 0 Å². The summed E-state index contributed by atoms with van der Waals surface area (Å²) in [4.78, 5) is 0. The lowest BCUT2D eigenvalue weighted by Crippen LogP contribution is -2.35. The van der Waals surface area contributed by atoms with Gasteiger partial charge in [0.1, 0.15) is 0 Å². The molecule has 0 spiro atoms. The summed E-state index contributed by atoms with van der Waals surface area (Å²) in [7, 11) is 0. The number of hydrogen-bond donors (Lipinski definition) is 1. The third-order valence-corrected chi connectivity index (χ3v) is 1.97. The van der Waals surface area contributed by atoms with E-state index in [9.17, 15) is 0 Å². The number of nitriles is 1. The zero-order valence-corrected chi connectivity index (χ0v) is 8.70. The summed E-state index contributed by atoms with van der Waals surface area (Å²) in [5, 5.41) is 12.1. The van der Waals surface area contributed by atoms with Crippen molar-refractivity contribution in [2.24, 2.45) is 0 Å². The minimum absolute atomic E-state index is 0.0857. The average molecular weight is 188 g/mol. The van der Waals surface area contributed by atoms with E-state index in [-0.39, 0.29) is 6.04 Å². The summed E-state index contributed by atoms with van der Waals surface area (Å²) in [6.45, 7) is 4.10. The van der Waals surface area contributed by atoms with Crippen molar-refractivity contribution in [2.45, 2.75) is 32.4 Å². The maximum Gasteiger partial charge on any atom is 0.0995 e. The average Bonchev–Trinajstić information content (AvgIpc) is 2.17. The summed E-state index contributed by atoms with van der Waals surface area (Å²) >= 11 is 0. The molecule has 0 aromatic heterocycles. The van der Waals surface area contributed by atoms with Gasteiger partial charge in [-0.05, 0) is 19.4 Å². The summed E-state index contributed by atoms with van der Waals surface area (Å²) in [5.41, 5.74) is 1.20. The molecular weight excluding hydrogens is 172 g/mol. The van der Waals surface area contributed by atoms with Gasteiger partial charge >= 0.3 is 0 Å². The minimum atomic E-state index is -0.0857. The van der Waals surface area contributed by atoms with Gasteiger partial charge in [0, 0.05) is 12.5 Å². The number of nitrogens with one attached hydrogen (secondary N) is 1. The SMILES string of the molecule is CC(C)N[C@H](C#N)Cc1ccccc1. The molecule has 0 amide bonds. The molecule has 2 nitrogen and oxygen atoms in total. The van der Waals surface area contributed by atoms with Gasteiger partial charge in [-0.1, -0.05) is 30.3 Å². The van der Waals surface area contributed by atoms with E-state index < -0.39 is 0 Å². The summed E-state index contributed by atoms with van der Waals surface area (Å²) < 4.78 is 0. The van der Waals surface area contributed by atoms with Crippen LogP contribution in [0.15, 0.2) is 30.3 Å². The first-order valence-corrected chi connectivity index (χ1v) is 4.92. The van der Waals surface area contributed by atoms with Crippen LogP contribution in [0, 0.1) is 11.3 Å². The van der Waals surface area contributed by atoms with E-state index in [2.05, 4.69) is 25.2 Å². The topological polar surface area (TPSA) is 35.8 Å². The Bertz CT molecular complexity index is 298. The van der Waals surface area contributed by atoms with Gasteiger partial charge in [-0.2, -0.15) is 5.26 Å². The Kier molecular flexibility index (Phi) is 4.15. The summed E-state index contributed by atoms with van der Waals surface area (Å²) in [5.74, 6) is 0. The molecule has 1 aromatic rings. The van der Waals surface area contributed by atoms with Crippen molar-refractivity contribution >= 4 is 0 Å². The van der Waals surface area contributed by atoms with Crippen LogP contribution >= 0.6 is 0 Å². The van der Waals surface area contributed by atoms with Crippen LogP contribution < -0.4 is 5.32 Å². The van der Waals surface area contributed by atoms with Gasteiger partial charge in [0.2, 0.25) is 0 Å². The van der Waals surface area contributed by atoms with Crippen molar-refractivity contribution in [1.82, 2.24) is 5.32 Å². The van der Waals surface area contributed by atoms with Gasteiger partial charge in [0.15, 0.2) is 0 Å². The number of rotatable bonds is 4. The van der Waals surface area contributed by atoms with Crippen LogP contribution in [0.3, 0.4) is 0 Å². The second kappa shape index (κ2) is 5.41. The molecule has 1 rings (SSSR count). The molecule has 1 aromatic carbocycles. The third-order valence-electron chi connectivity index (χ3n) is 1.97. The van der Waals surface area contributed by atoms with Crippen LogP contribution in [-0.4, -0.2) is 12.1 Å². The summed E-state index contributed by atoms with van der Waals surface area (Å²) in [6, 6.07) is 12.6. The molecule has 0 fully saturated rings. The van der Waals surface area contributed by atoms with E-state index in [1.54, 1.807) is 0 Å². The number of benzene rings is 1. The molecule has 0 aliphatic heterocycles. The molecule has 0 radical (unpaired) electrons. The Morgan fingerprint density at radius 2 is 1.93 bits per heavy atom. The molecule has 0 heterocycles. The van der Waals surface area contributed by atoms with Crippen LogP contribution in [0.1, 0.15) is 19.4 Å². The highest BCUT2D eigenvalue weighted by molar-refractivity contribution is 5.17. The van der Waals surface area contributed by atoms with Gasteiger partial charge in [-0.15, -0.1) is 0 Å². The zero-order chi connectivity index (χ0) is 10.4. The first-order chi connectivity index (χ1) is 6.72. The van der Waals surface area contributed by atoms with E-state index in [4.69, 9.17) is 5.26 Å². The van der Waals surface area contributed by atoms with E-state index in [1.165, 1.54) is 5.56 Å². The lowest BCUT2D eigenvalue weighted by atomic mass is 10.1. The molecule has 0 saturated heterocycles.